The molecule has 0 aliphatic carbocycles. The van der Waals surface area contributed by atoms with Gasteiger partial charge in [-0.15, -0.1) is 0 Å². The highest BCUT2D eigenvalue weighted by molar-refractivity contribution is 5.42. The first-order valence-corrected chi connectivity index (χ1v) is 7.89. The lowest BCUT2D eigenvalue weighted by Gasteiger charge is -2.25. The van der Waals surface area contributed by atoms with E-state index in [2.05, 4.69) is 61.1 Å². The normalized spacial score (nSPS) is 12.2. The average molecular weight is 288 g/mol. The Morgan fingerprint density at radius 1 is 1.38 bits per heavy atom. The molecule has 4 nitrogen and oxygen atoms in total. The molecule has 0 saturated heterocycles. The van der Waals surface area contributed by atoms with E-state index in [1.165, 1.54) is 5.56 Å². The van der Waals surface area contributed by atoms with Crippen molar-refractivity contribution >= 4 is 5.82 Å². The highest BCUT2D eigenvalue weighted by Crippen LogP contribution is 2.19. The highest BCUT2D eigenvalue weighted by Gasteiger charge is 2.12. The van der Waals surface area contributed by atoms with E-state index in [-0.39, 0.29) is 0 Å². The van der Waals surface area contributed by atoms with Crippen molar-refractivity contribution in [2.24, 2.45) is 5.92 Å². The number of nitriles is 1. The molecule has 1 heterocycles. The maximum Gasteiger partial charge on any atom is 0.128 e. The number of rotatable bonds is 9. The number of aromatic nitrogens is 1. The number of nitrogens with one attached hydrogen (secondary N) is 1. The fraction of sp³-hybridized carbons (Fsp3) is 0.647. The molecule has 4 heteroatoms. The molecule has 116 valence electrons. The van der Waals surface area contributed by atoms with Crippen LogP contribution in [0.2, 0.25) is 0 Å². The Bertz CT molecular complexity index is 450. The molecule has 0 spiro atoms. The van der Waals surface area contributed by atoms with Crippen LogP contribution in [-0.2, 0) is 0 Å². The summed E-state index contributed by atoms with van der Waals surface area (Å²) in [5.74, 6) is 1.52. The monoisotopic (exact) mass is 288 g/mol. The maximum atomic E-state index is 8.83. The van der Waals surface area contributed by atoms with Crippen molar-refractivity contribution in [3.8, 4) is 6.07 Å². The molecule has 0 aromatic carbocycles. The first-order valence-electron chi connectivity index (χ1n) is 7.89. The zero-order valence-corrected chi connectivity index (χ0v) is 13.8. The fourth-order valence-electron chi connectivity index (χ4n) is 2.28. The predicted octanol–water partition coefficient (Wildman–Crippen LogP) is 3.52. The Morgan fingerprint density at radius 3 is 2.76 bits per heavy atom. The van der Waals surface area contributed by atoms with E-state index in [0.29, 0.717) is 18.4 Å². The molecule has 0 saturated carbocycles. The predicted molar refractivity (Wildman–Crippen MR) is 88.2 cm³/mol. The van der Waals surface area contributed by atoms with Crippen molar-refractivity contribution in [3.05, 3.63) is 23.9 Å². The van der Waals surface area contributed by atoms with Gasteiger partial charge in [0.05, 0.1) is 12.5 Å². The average Bonchev–Trinajstić information content (AvgIpc) is 2.48. The molecule has 0 aliphatic heterocycles. The van der Waals surface area contributed by atoms with Crippen LogP contribution in [0.1, 0.15) is 52.1 Å². The second kappa shape index (κ2) is 9.36. The Kier molecular flexibility index (Phi) is 7.78. The lowest BCUT2D eigenvalue weighted by Crippen LogP contribution is -2.29. The second-order valence-electron chi connectivity index (χ2n) is 5.87. The minimum Gasteiger partial charge on any atom is -0.355 e. The topological polar surface area (TPSA) is 52.0 Å². The van der Waals surface area contributed by atoms with Gasteiger partial charge in [-0.05, 0) is 43.5 Å². The third-order valence-corrected chi connectivity index (χ3v) is 3.37. The molecular formula is C17H28N4. The first kappa shape index (κ1) is 17.5. The van der Waals surface area contributed by atoms with E-state index in [0.717, 1.165) is 31.9 Å². The van der Waals surface area contributed by atoms with Gasteiger partial charge in [0, 0.05) is 25.3 Å². The lowest BCUT2D eigenvalue weighted by molar-refractivity contribution is 0.568. The smallest absolute Gasteiger partial charge is 0.128 e. The van der Waals surface area contributed by atoms with Gasteiger partial charge in [-0.3, -0.25) is 0 Å². The van der Waals surface area contributed by atoms with Gasteiger partial charge in [0.25, 0.3) is 0 Å². The van der Waals surface area contributed by atoms with Gasteiger partial charge in [0.2, 0.25) is 0 Å². The van der Waals surface area contributed by atoms with Crippen molar-refractivity contribution in [3.63, 3.8) is 0 Å². The van der Waals surface area contributed by atoms with Crippen LogP contribution in [0.5, 0.6) is 0 Å². The quantitative estimate of drug-likeness (QED) is 0.755. The van der Waals surface area contributed by atoms with Gasteiger partial charge >= 0.3 is 0 Å². The van der Waals surface area contributed by atoms with E-state index in [1.807, 2.05) is 6.20 Å². The molecular weight excluding hydrogens is 260 g/mol. The van der Waals surface area contributed by atoms with Gasteiger partial charge in [-0.25, -0.2) is 4.98 Å². The molecule has 21 heavy (non-hydrogen) atoms. The number of hydrogen-bond acceptors (Lipinski definition) is 4. The van der Waals surface area contributed by atoms with Gasteiger partial charge in [0.1, 0.15) is 5.82 Å². The van der Waals surface area contributed by atoms with E-state index >= 15 is 0 Å². The maximum absolute atomic E-state index is 8.83. The van der Waals surface area contributed by atoms with Crippen LogP contribution in [0, 0.1) is 17.2 Å². The molecule has 0 bridgehead atoms. The summed E-state index contributed by atoms with van der Waals surface area (Å²) in [4.78, 5) is 6.71. The summed E-state index contributed by atoms with van der Waals surface area (Å²) in [5, 5.41) is 12.3. The molecule has 1 unspecified atom stereocenters. The van der Waals surface area contributed by atoms with Crippen LogP contribution in [0.4, 0.5) is 5.82 Å². The van der Waals surface area contributed by atoms with E-state index in [1.54, 1.807) is 0 Å². The summed E-state index contributed by atoms with van der Waals surface area (Å²) in [6.07, 6.45) is 3.53. The summed E-state index contributed by atoms with van der Waals surface area (Å²) < 4.78 is 0. The minimum atomic E-state index is 0.323. The zero-order valence-electron chi connectivity index (χ0n) is 13.8. The number of anilines is 1. The van der Waals surface area contributed by atoms with Crippen molar-refractivity contribution in [1.82, 2.24) is 10.3 Å². The first-order chi connectivity index (χ1) is 10.1. The van der Waals surface area contributed by atoms with Gasteiger partial charge in [-0.1, -0.05) is 20.8 Å². The van der Waals surface area contributed by atoms with Crippen molar-refractivity contribution in [1.29, 1.82) is 5.26 Å². The molecule has 1 aromatic rings. The summed E-state index contributed by atoms with van der Waals surface area (Å²) in [6, 6.07) is 6.76. The summed E-state index contributed by atoms with van der Waals surface area (Å²) in [5.41, 5.74) is 1.25. The van der Waals surface area contributed by atoms with Crippen LogP contribution in [0.25, 0.3) is 0 Å². The Balaban J connectivity index is 2.85. The lowest BCUT2D eigenvalue weighted by atomic mass is 10.1. The van der Waals surface area contributed by atoms with E-state index in [4.69, 9.17) is 5.26 Å². The van der Waals surface area contributed by atoms with Gasteiger partial charge in [-0.2, -0.15) is 5.26 Å². The summed E-state index contributed by atoms with van der Waals surface area (Å²) in [7, 11) is 0. The summed E-state index contributed by atoms with van der Waals surface area (Å²) in [6.45, 7) is 11.4. The van der Waals surface area contributed by atoms with Gasteiger partial charge < -0.3 is 10.2 Å². The van der Waals surface area contributed by atoms with E-state index < -0.39 is 0 Å². The Hall–Kier alpha value is -1.60. The Morgan fingerprint density at radius 2 is 2.14 bits per heavy atom. The molecule has 0 aliphatic rings. The van der Waals surface area contributed by atoms with Crippen LogP contribution in [0.15, 0.2) is 18.3 Å². The van der Waals surface area contributed by atoms with Crippen molar-refractivity contribution in [2.45, 2.75) is 46.6 Å². The largest absolute Gasteiger partial charge is 0.355 e. The molecule has 0 radical (unpaired) electrons. The number of hydrogen-bond donors (Lipinski definition) is 1. The van der Waals surface area contributed by atoms with Crippen LogP contribution < -0.4 is 10.2 Å². The molecule has 1 atom stereocenters. The third-order valence-electron chi connectivity index (χ3n) is 3.37. The van der Waals surface area contributed by atoms with Crippen molar-refractivity contribution < 1.29 is 0 Å². The Labute approximate surface area is 129 Å². The second-order valence-corrected chi connectivity index (χ2v) is 5.87. The number of nitrogens with zero attached hydrogens (tertiary/aromatic N) is 3. The highest BCUT2D eigenvalue weighted by atomic mass is 15.2. The van der Waals surface area contributed by atoms with Crippen LogP contribution in [0.3, 0.4) is 0 Å². The SMILES string of the molecule is CCCNC(C)c1ccnc(N(CCC#N)CC(C)C)c1. The van der Waals surface area contributed by atoms with E-state index in [9.17, 15) is 0 Å². The zero-order chi connectivity index (χ0) is 15.7. The standard InChI is InChI=1S/C17H28N4/c1-5-9-19-15(4)16-7-10-20-17(12-16)21(11-6-8-18)13-14(2)3/h7,10,12,14-15,19H,5-6,9,11,13H2,1-4H3. The molecule has 1 N–H and O–H groups in total. The third kappa shape index (κ3) is 6.14. The molecule has 1 aromatic heterocycles. The molecule has 1 rings (SSSR count). The number of pyridine rings is 1. The van der Waals surface area contributed by atoms with Crippen molar-refractivity contribution in [2.75, 3.05) is 24.5 Å². The minimum absolute atomic E-state index is 0.323. The van der Waals surface area contributed by atoms with Gasteiger partial charge in [0.15, 0.2) is 0 Å². The molecule has 0 fully saturated rings. The van der Waals surface area contributed by atoms with Crippen LogP contribution in [-0.4, -0.2) is 24.6 Å². The fourth-order valence-corrected chi connectivity index (χ4v) is 2.28. The summed E-state index contributed by atoms with van der Waals surface area (Å²) >= 11 is 0. The van der Waals surface area contributed by atoms with Crippen LogP contribution >= 0.6 is 0 Å². The molecule has 0 amide bonds.